The van der Waals surface area contributed by atoms with Crippen LogP contribution in [0, 0.1) is 5.92 Å². The predicted octanol–water partition coefficient (Wildman–Crippen LogP) is 0.623. The zero-order valence-electron chi connectivity index (χ0n) is 14.7. The highest BCUT2D eigenvalue weighted by Gasteiger charge is 2.36. The molecule has 2 atom stereocenters. The van der Waals surface area contributed by atoms with Gasteiger partial charge >= 0.3 is 0 Å². The Balaban J connectivity index is 1.66. The van der Waals surface area contributed by atoms with E-state index >= 15 is 0 Å². The molecule has 0 unspecified atom stereocenters. The van der Waals surface area contributed by atoms with Crippen LogP contribution in [0.15, 0.2) is 24.5 Å². The van der Waals surface area contributed by atoms with E-state index in [2.05, 4.69) is 4.98 Å². The van der Waals surface area contributed by atoms with E-state index in [0.29, 0.717) is 25.2 Å². The van der Waals surface area contributed by atoms with Crippen LogP contribution in [-0.2, 0) is 9.59 Å². The maximum atomic E-state index is 12.9. The Bertz CT molecular complexity index is 664. The summed E-state index contributed by atoms with van der Waals surface area (Å²) in [7, 11) is 1.77. The quantitative estimate of drug-likeness (QED) is 0.788. The van der Waals surface area contributed by atoms with Crippen molar-refractivity contribution < 1.29 is 14.4 Å². The zero-order chi connectivity index (χ0) is 18.0. The smallest absolute Gasteiger partial charge is 0.253 e. The Morgan fingerprint density at radius 1 is 1.16 bits per heavy atom. The number of carbonyl (C=O) groups excluding carboxylic acids is 3. The Morgan fingerprint density at radius 3 is 2.56 bits per heavy atom. The van der Waals surface area contributed by atoms with Crippen molar-refractivity contribution in [2.75, 3.05) is 33.2 Å². The fourth-order valence-electron chi connectivity index (χ4n) is 3.49. The first kappa shape index (κ1) is 17.4. The lowest BCUT2D eigenvalue weighted by atomic mass is 9.95. The first-order chi connectivity index (χ1) is 12.0. The van der Waals surface area contributed by atoms with Crippen molar-refractivity contribution in [1.29, 1.82) is 0 Å². The number of pyridine rings is 1. The van der Waals surface area contributed by atoms with E-state index in [-0.39, 0.29) is 36.2 Å². The van der Waals surface area contributed by atoms with Gasteiger partial charge in [0.25, 0.3) is 5.91 Å². The van der Waals surface area contributed by atoms with Crippen molar-refractivity contribution in [3.63, 3.8) is 0 Å². The molecule has 0 saturated carbocycles. The molecule has 7 heteroatoms. The highest BCUT2D eigenvalue weighted by Crippen LogP contribution is 2.22. The molecule has 0 aliphatic carbocycles. The van der Waals surface area contributed by atoms with Gasteiger partial charge in [0, 0.05) is 50.7 Å². The fourth-order valence-corrected chi connectivity index (χ4v) is 3.49. The van der Waals surface area contributed by atoms with Crippen LogP contribution in [0.25, 0.3) is 0 Å². The molecule has 3 heterocycles. The van der Waals surface area contributed by atoms with Crippen LogP contribution < -0.4 is 0 Å². The minimum atomic E-state index is -0.233. The molecule has 3 amide bonds. The second-order valence-electron chi connectivity index (χ2n) is 6.90. The fraction of sp³-hybridized carbons (Fsp3) is 0.556. The summed E-state index contributed by atoms with van der Waals surface area (Å²) in [4.78, 5) is 46.5. The lowest BCUT2D eigenvalue weighted by molar-refractivity contribution is -0.149. The molecule has 0 bridgehead atoms. The van der Waals surface area contributed by atoms with Crippen molar-refractivity contribution in [3.05, 3.63) is 30.1 Å². The van der Waals surface area contributed by atoms with Crippen LogP contribution in [0.5, 0.6) is 0 Å². The first-order valence-electron chi connectivity index (χ1n) is 8.71. The predicted molar refractivity (Wildman–Crippen MR) is 91.7 cm³/mol. The van der Waals surface area contributed by atoms with Crippen molar-refractivity contribution in [2.24, 2.45) is 5.92 Å². The van der Waals surface area contributed by atoms with Crippen molar-refractivity contribution in [3.8, 4) is 0 Å². The SMILES string of the molecule is C[C@@H]1CN(C(=O)[C@@H]2CCCN(C(=O)c3ccncc3)C2)CC(=O)N1C. The number of hydrogen-bond acceptors (Lipinski definition) is 4. The number of rotatable bonds is 2. The summed E-state index contributed by atoms with van der Waals surface area (Å²) in [5.41, 5.74) is 0.589. The lowest BCUT2D eigenvalue weighted by Gasteiger charge is -2.40. The van der Waals surface area contributed by atoms with E-state index in [9.17, 15) is 14.4 Å². The standard InChI is InChI=1S/C18H24N4O3/c1-13-10-22(12-16(23)20(13)2)18(25)15-4-3-9-21(11-15)17(24)14-5-7-19-8-6-14/h5-8,13,15H,3-4,9-12H2,1-2H3/t13-,15-/m1/s1. The summed E-state index contributed by atoms with van der Waals surface area (Å²) < 4.78 is 0. The number of piperazine rings is 1. The summed E-state index contributed by atoms with van der Waals surface area (Å²) in [6.45, 7) is 3.69. The van der Waals surface area contributed by atoms with Crippen LogP contribution in [0.2, 0.25) is 0 Å². The van der Waals surface area contributed by atoms with Gasteiger partial charge in [-0.15, -0.1) is 0 Å². The molecule has 25 heavy (non-hydrogen) atoms. The van der Waals surface area contributed by atoms with Gasteiger partial charge in [-0.2, -0.15) is 0 Å². The van der Waals surface area contributed by atoms with Crippen molar-refractivity contribution >= 4 is 17.7 Å². The summed E-state index contributed by atoms with van der Waals surface area (Å²) in [6, 6.07) is 3.40. The average Bonchev–Trinajstić information content (AvgIpc) is 2.65. The van der Waals surface area contributed by atoms with E-state index in [1.54, 1.807) is 46.3 Å². The Kier molecular flexibility index (Phi) is 5.01. The molecule has 2 saturated heterocycles. The van der Waals surface area contributed by atoms with Gasteiger partial charge in [-0.25, -0.2) is 0 Å². The number of hydrogen-bond donors (Lipinski definition) is 0. The third-order valence-electron chi connectivity index (χ3n) is 5.16. The summed E-state index contributed by atoms with van der Waals surface area (Å²) in [6.07, 6.45) is 4.74. The van der Waals surface area contributed by atoms with E-state index in [4.69, 9.17) is 0 Å². The Labute approximate surface area is 147 Å². The van der Waals surface area contributed by atoms with Gasteiger partial charge < -0.3 is 14.7 Å². The number of aromatic nitrogens is 1. The van der Waals surface area contributed by atoms with E-state index in [1.165, 1.54) is 0 Å². The van der Waals surface area contributed by atoms with Gasteiger partial charge in [-0.05, 0) is 31.9 Å². The number of likely N-dealkylation sites (N-methyl/N-ethyl adjacent to an activating group) is 1. The van der Waals surface area contributed by atoms with Gasteiger partial charge in [-0.3, -0.25) is 19.4 Å². The number of piperidine rings is 1. The van der Waals surface area contributed by atoms with Gasteiger partial charge in [0.05, 0.1) is 12.5 Å². The first-order valence-corrected chi connectivity index (χ1v) is 8.71. The van der Waals surface area contributed by atoms with Crippen molar-refractivity contribution in [2.45, 2.75) is 25.8 Å². The summed E-state index contributed by atoms with van der Waals surface area (Å²) >= 11 is 0. The number of amides is 3. The summed E-state index contributed by atoms with van der Waals surface area (Å²) in [5, 5.41) is 0. The molecule has 7 nitrogen and oxygen atoms in total. The summed E-state index contributed by atoms with van der Waals surface area (Å²) in [5.74, 6) is -0.348. The minimum Gasteiger partial charge on any atom is -0.340 e. The van der Waals surface area contributed by atoms with Crippen LogP contribution >= 0.6 is 0 Å². The largest absolute Gasteiger partial charge is 0.340 e. The average molecular weight is 344 g/mol. The molecule has 2 aliphatic rings. The van der Waals surface area contributed by atoms with Crippen LogP contribution in [0.3, 0.4) is 0 Å². The molecule has 1 aromatic heterocycles. The van der Waals surface area contributed by atoms with Gasteiger partial charge in [-0.1, -0.05) is 0 Å². The highest BCUT2D eigenvalue weighted by atomic mass is 16.2. The van der Waals surface area contributed by atoms with Gasteiger partial charge in [0.15, 0.2) is 0 Å². The molecule has 1 aromatic rings. The molecular formula is C18H24N4O3. The second-order valence-corrected chi connectivity index (χ2v) is 6.90. The third kappa shape index (κ3) is 3.65. The topological polar surface area (TPSA) is 73.8 Å². The maximum Gasteiger partial charge on any atom is 0.253 e. The van der Waals surface area contributed by atoms with E-state index < -0.39 is 0 Å². The second kappa shape index (κ2) is 7.21. The lowest BCUT2D eigenvalue weighted by Crippen LogP contribution is -2.57. The molecule has 0 radical (unpaired) electrons. The molecule has 134 valence electrons. The molecule has 2 fully saturated rings. The van der Waals surface area contributed by atoms with E-state index in [0.717, 1.165) is 12.8 Å². The van der Waals surface area contributed by atoms with Gasteiger partial charge in [0.1, 0.15) is 0 Å². The van der Waals surface area contributed by atoms with Crippen molar-refractivity contribution in [1.82, 2.24) is 19.7 Å². The van der Waals surface area contributed by atoms with Gasteiger partial charge in [0.2, 0.25) is 11.8 Å². The monoisotopic (exact) mass is 344 g/mol. The number of likely N-dealkylation sites (tertiary alicyclic amines) is 1. The molecule has 3 rings (SSSR count). The minimum absolute atomic E-state index is 0.0134. The molecule has 2 aliphatic heterocycles. The van der Waals surface area contributed by atoms with Crippen LogP contribution in [0.4, 0.5) is 0 Å². The molecule has 0 aromatic carbocycles. The normalized spacial score (nSPS) is 24.4. The third-order valence-corrected chi connectivity index (χ3v) is 5.16. The molecule has 0 N–H and O–H groups in total. The molecular weight excluding hydrogens is 320 g/mol. The zero-order valence-corrected chi connectivity index (χ0v) is 14.7. The maximum absolute atomic E-state index is 12.9. The number of carbonyl (C=O) groups is 3. The van der Waals surface area contributed by atoms with Crippen LogP contribution in [-0.4, -0.2) is 76.7 Å². The number of nitrogens with zero attached hydrogens (tertiary/aromatic N) is 4. The Morgan fingerprint density at radius 2 is 1.88 bits per heavy atom. The van der Waals surface area contributed by atoms with Crippen LogP contribution in [0.1, 0.15) is 30.1 Å². The highest BCUT2D eigenvalue weighted by molar-refractivity contribution is 5.94. The Hall–Kier alpha value is -2.44. The molecule has 0 spiro atoms. The van der Waals surface area contributed by atoms with E-state index in [1.807, 2.05) is 6.92 Å².